The lowest BCUT2D eigenvalue weighted by molar-refractivity contribution is -0.158. The van der Waals surface area contributed by atoms with Crippen LogP contribution >= 0.6 is 0 Å². The minimum atomic E-state index is -1.22. The number of hydrogen-bond acceptors (Lipinski definition) is 5. The van der Waals surface area contributed by atoms with Crippen LogP contribution in [0, 0.1) is 5.41 Å². The predicted molar refractivity (Wildman–Crippen MR) is 71.3 cm³/mol. The van der Waals surface area contributed by atoms with E-state index in [1.54, 1.807) is 11.8 Å². The van der Waals surface area contributed by atoms with E-state index in [1.165, 1.54) is 13.8 Å². The standard InChI is InChI=1S/C13H24N2O4/c1-6-19-12(18)13(4,5)10(16)7-15(9(2)3)8-11(14)17/h9H,6-8H2,1-5H3,(H2,14,17). The number of Topliss-reactive ketones (excluding diaryl/α,β-unsaturated/α-hetero) is 1. The minimum Gasteiger partial charge on any atom is -0.465 e. The zero-order valence-electron chi connectivity index (χ0n) is 12.4. The van der Waals surface area contributed by atoms with Gasteiger partial charge in [-0.25, -0.2) is 0 Å². The molecule has 0 aliphatic carbocycles. The third kappa shape index (κ3) is 5.38. The van der Waals surface area contributed by atoms with Gasteiger partial charge in [0.2, 0.25) is 5.91 Å². The molecular weight excluding hydrogens is 248 g/mol. The lowest BCUT2D eigenvalue weighted by Crippen LogP contribution is -2.47. The molecule has 0 saturated carbocycles. The first-order valence-corrected chi connectivity index (χ1v) is 6.35. The molecule has 0 heterocycles. The van der Waals surface area contributed by atoms with Gasteiger partial charge in [0, 0.05) is 6.04 Å². The summed E-state index contributed by atoms with van der Waals surface area (Å²) >= 11 is 0. The number of rotatable bonds is 8. The molecule has 0 bridgehead atoms. The molecule has 0 aliphatic heterocycles. The van der Waals surface area contributed by atoms with Crippen molar-refractivity contribution >= 4 is 17.7 Å². The van der Waals surface area contributed by atoms with Crippen LogP contribution in [0.3, 0.4) is 0 Å². The molecule has 6 nitrogen and oxygen atoms in total. The Kier molecular flexibility index (Phi) is 6.69. The van der Waals surface area contributed by atoms with Crippen LogP contribution in [0.5, 0.6) is 0 Å². The van der Waals surface area contributed by atoms with Crippen LogP contribution in [0.25, 0.3) is 0 Å². The van der Waals surface area contributed by atoms with Gasteiger partial charge in [-0.15, -0.1) is 0 Å². The average molecular weight is 272 g/mol. The van der Waals surface area contributed by atoms with Gasteiger partial charge >= 0.3 is 5.97 Å². The summed E-state index contributed by atoms with van der Waals surface area (Å²) in [6.07, 6.45) is 0. The highest BCUT2D eigenvalue weighted by Gasteiger charge is 2.38. The van der Waals surface area contributed by atoms with E-state index in [9.17, 15) is 14.4 Å². The Morgan fingerprint density at radius 2 is 1.74 bits per heavy atom. The lowest BCUT2D eigenvalue weighted by atomic mass is 9.87. The Balaban J connectivity index is 4.80. The van der Waals surface area contributed by atoms with Gasteiger partial charge in [0.25, 0.3) is 0 Å². The maximum absolute atomic E-state index is 12.2. The van der Waals surface area contributed by atoms with Crippen molar-refractivity contribution in [3.05, 3.63) is 0 Å². The van der Waals surface area contributed by atoms with Gasteiger partial charge in [-0.3, -0.25) is 19.3 Å². The van der Waals surface area contributed by atoms with E-state index in [0.717, 1.165) is 0 Å². The topological polar surface area (TPSA) is 89.7 Å². The van der Waals surface area contributed by atoms with E-state index in [4.69, 9.17) is 10.5 Å². The number of primary amides is 1. The number of esters is 1. The van der Waals surface area contributed by atoms with Gasteiger partial charge in [0.15, 0.2) is 5.78 Å². The smallest absolute Gasteiger partial charge is 0.319 e. The van der Waals surface area contributed by atoms with Gasteiger partial charge in [0.1, 0.15) is 5.41 Å². The first-order chi connectivity index (χ1) is 8.62. The van der Waals surface area contributed by atoms with Crippen LogP contribution in [0.4, 0.5) is 0 Å². The van der Waals surface area contributed by atoms with E-state index in [2.05, 4.69) is 0 Å². The first-order valence-electron chi connectivity index (χ1n) is 6.35. The van der Waals surface area contributed by atoms with E-state index < -0.39 is 17.3 Å². The van der Waals surface area contributed by atoms with Crippen molar-refractivity contribution < 1.29 is 19.1 Å². The quantitative estimate of drug-likeness (QED) is 0.508. The van der Waals surface area contributed by atoms with E-state index in [-0.39, 0.29) is 31.5 Å². The Morgan fingerprint density at radius 1 is 1.21 bits per heavy atom. The zero-order valence-corrected chi connectivity index (χ0v) is 12.4. The molecule has 110 valence electrons. The monoisotopic (exact) mass is 272 g/mol. The third-order valence-corrected chi connectivity index (χ3v) is 2.92. The van der Waals surface area contributed by atoms with Crippen LogP contribution in [0.1, 0.15) is 34.6 Å². The average Bonchev–Trinajstić information content (AvgIpc) is 2.27. The van der Waals surface area contributed by atoms with E-state index >= 15 is 0 Å². The van der Waals surface area contributed by atoms with Gasteiger partial charge in [-0.2, -0.15) is 0 Å². The van der Waals surface area contributed by atoms with Crippen LogP contribution in [-0.4, -0.2) is 48.3 Å². The fraction of sp³-hybridized carbons (Fsp3) is 0.769. The predicted octanol–water partition coefficient (Wildman–Crippen LogP) is 0.341. The molecule has 0 fully saturated rings. The number of ether oxygens (including phenoxy) is 1. The summed E-state index contributed by atoms with van der Waals surface area (Å²) < 4.78 is 4.88. The van der Waals surface area contributed by atoms with Gasteiger partial charge in [-0.05, 0) is 34.6 Å². The molecule has 0 aliphatic rings. The SMILES string of the molecule is CCOC(=O)C(C)(C)C(=O)CN(CC(N)=O)C(C)C. The fourth-order valence-corrected chi connectivity index (χ4v) is 1.43. The molecule has 0 radical (unpaired) electrons. The summed E-state index contributed by atoms with van der Waals surface area (Å²) in [7, 11) is 0. The highest BCUT2D eigenvalue weighted by atomic mass is 16.5. The first kappa shape index (κ1) is 17.6. The van der Waals surface area contributed by atoms with Crippen LogP contribution in [-0.2, 0) is 19.1 Å². The van der Waals surface area contributed by atoms with Crippen molar-refractivity contribution in [1.82, 2.24) is 4.90 Å². The molecule has 2 N–H and O–H groups in total. The van der Waals surface area contributed by atoms with Gasteiger partial charge in [0.05, 0.1) is 19.7 Å². The third-order valence-electron chi connectivity index (χ3n) is 2.92. The van der Waals surface area contributed by atoms with Crippen molar-refractivity contribution in [3.63, 3.8) is 0 Å². The van der Waals surface area contributed by atoms with Crippen molar-refractivity contribution in [2.45, 2.75) is 40.7 Å². The molecule has 0 atom stereocenters. The Bertz CT molecular complexity index is 351. The molecule has 0 aromatic carbocycles. The highest BCUT2D eigenvalue weighted by Crippen LogP contribution is 2.20. The van der Waals surface area contributed by atoms with Crippen LogP contribution < -0.4 is 5.73 Å². The second-order valence-electron chi connectivity index (χ2n) is 5.23. The lowest BCUT2D eigenvalue weighted by Gasteiger charge is -2.28. The maximum Gasteiger partial charge on any atom is 0.319 e. The molecule has 19 heavy (non-hydrogen) atoms. The van der Waals surface area contributed by atoms with Crippen LogP contribution in [0.15, 0.2) is 0 Å². The summed E-state index contributed by atoms with van der Waals surface area (Å²) in [5, 5.41) is 0. The number of amides is 1. The zero-order chi connectivity index (χ0) is 15.2. The van der Waals surface area contributed by atoms with Crippen molar-refractivity contribution in [1.29, 1.82) is 0 Å². The molecule has 0 unspecified atom stereocenters. The fourth-order valence-electron chi connectivity index (χ4n) is 1.43. The van der Waals surface area contributed by atoms with Crippen molar-refractivity contribution in [3.8, 4) is 0 Å². The normalized spacial score (nSPS) is 11.7. The summed E-state index contributed by atoms with van der Waals surface area (Å²) in [6.45, 7) is 8.65. The van der Waals surface area contributed by atoms with E-state index in [1.807, 2.05) is 13.8 Å². The Hall–Kier alpha value is -1.43. The summed E-state index contributed by atoms with van der Waals surface area (Å²) in [4.78, 5) is 36.5. The Morgan fingerprint density at radius 3 is 2.11 bits per heavy atom. The van der Waals surface area contributed by atoms with Gasteiger partial charge in [-0.1, -0.05) is 0 Å². The number of hydrogen-bond donors (Lipinski definition) is 1. The number of carbonyl (C=O) groups is 3. The minimum absolute atomic E-state index is 0.00752. The molecule has 6 heteroatoms. The number of nitrogens with zero attached hydrogens (tertiary/aromatic N) is 1. The second kappa shape index (κ2) is 7.23. The number of carbonyl (C=O) groups excluding carboxylic acids is 3. The molecule has 0 spiro atoms. The number of nitrogens with two attached hydrogens (primary N) is 1. The molecule has 1 amide bonds. The summed E-state index contributed by atoms with van der Waals surface area (Å²) in [5.41, 5.74) is 3.92. The van der Waals surface area contributed by atoms with E-state index in [0.29, 0.717) is 0 Å². The summed E-state index contributed by atoms with van der Waals surface area (Å²) in [6, 6.07) is -0.0190. The van der Waals surface area contributed by atoms with Crippen molar-refractivity contribution in [2.75, 3.05) is 19.7 Å². The highest BCUT2D eigenvalue weighted by molar-refractivity contribution is 6.04. The largest absolute Gasteiger partial charge is 0.465 e. The molecule has 0 rings (SSSR count). The second-order valence-corrected chi connectivity index (χ2v) is 5.23. The molecule has 0 saturated heterocycles. The number of ketones is 1. The Labute approximate surface area is 114 Å². The van der Waals surface area contributed by atoms with Gasteiger partial charge < -0.3 is 10.5 Å². The molecule has 0 aromatic rings. The van der Waals surface area contributed by atoms with Crippen LogP contribution in [0.2, 0.25) is 0 Å². The van der Waals surface area contributed by atoms with Crippen molar-refractivity contribution in [2.24, 2.45) is 11.1 Å². The molecule has 0 aromatic heterocycles. The maximum atomic E-state index is 12.2. The molecular formula is C13H24N2O4. The summed E-state index contributed by atoms with van der Waals surface area (Å²) in [5.74, 6) is -1.35.